The fraction of sp³-hybridized carbons (Fsp3) is 0.333. The molecule has 1 unspecified atom stereocenters. The maximum Gasteiger partial charge on any atom is 0.317 e. The first kappa shape index (κ1) is 14.7. The molecule has 106 valence electrons. The van der Waals surface area contributed by atoms with Crippen LogP contribution in [0.5, 0.6) is 0 Å². The highest BCUT2D eigenvalue weighted by atomic mass is 32.1. The number of hydrogen-bond donors (Lipinski definition) is 1. The predicted molar refractivity (Wildman–Crippen MR) is 79.7 cm³/mol. The molecule has 2 aromatic rings. The minimum atomic E-state index is -0.878. The van der Waals surface area contributed by atoms with Crippen LogP contribution in [0.2, 0.25) is 0 Å². The van der Waals surface area contributed by atoms with Crippen molar-refractivity contribution in [2.75, 3.05) is 13.7 Å². The zero-order valence-electron chi connectivity index (χ0n) is 11.6. The van der Waals surface area contributed by atoms with E-state index in [9.17, 15) is 4.79 Å². The summed E-state index contributed by atoms with van der Waals surface area (Å²) >= 11 is 1.50. The number of ether oxygens (including phenoxy) is 1. The van der Waals surface area contributed by atoms with Crippen molar-refractivity contribution in [1.29, 1.82) is 0 Å². The number of rotatable bonds is 5. The number of benzene rings is 1. The Morgan fingerprint density at radius 2 is 2.10 bits per heavy atom. The molecule has 0 radical (unpaired) electrons. The molecule has 0 bridgehead atoms. The molecule has 0 aliphatic carbocycles. The van der Waals surface area contributed by atoms with Crippen molar-refractivity contribution in [3.8, 4) is 0 Å². The van der Waals surface area contributed by atoms with Gasteiger partial charge in [-0.1, -0.05) is 29.8 Å². The maximum absolute atomic E-state index is 12.4. The SMILES string of the molecule is COC(=O)C(CN)(Cc1cscn1)c1ccc(C)cc1. The van der Waals surface area contributed by atoms with E-state index in [-0.39, 0.29) is 12.5 Å². The Morgan fingerprint density at radius 3 is 2.60 bits per heavy atom. The number of carbonyl (C=O) groups is 1. The number of methoxy groups -OCH3 is 1. The molecule has 0 saturated heterocycles. The van der Waals surface area contributed by atoms with E-state index in [1.165, 1.54) is 18.4 Å². The van der Waals surface area contributed by atoms with Gasteiger partial charge in [-0.3, -0.25) is 4.79 Å². The maximum atomic E-state index is 12.4. The number of esters is 1. The van der Waals surface area contributed by atoms with Gasteiger partial charge in [-0.2, -0.15) is 0 Å². The van der Waals surface area contributed by atoms with Gasteiger partial charge in [-0.25, -0.2) is 4.98 Å². The van der Waals surface area contributed by atoms with Gasteiger partial charge in [0.1, 0.15) is 5.41 Å². The van der Waals surface area contributed by atoms with E-state index in [2.05, 4.69) is 4.98 Å². The lowest BCUT2D eigenvalue weighted by atomic mass is 9.76. The molecule has 5 heteroatoms. The van der Waals surface area contributed by atoms with Gasteiger partial charge in [-0.05, 0) is 12.5 Å². The van der Waals surface area contributed by atoms with Crippen molar-refractivity contribution in [2.45, 2.75) is 18.8 Å². The van der Waals surface area contributed by atoms with E-state index in [0.717, 1.165) is 16.8 Å². The van der Waals surface area contributed by atoms with Gasteiger partial charge >= 0.3 is 5.97 Å². The smallest absolute Gasteiger partial charge is 0.317 e. The molecule has 2 N–H and O–H groups in total. The number of carbonyl (C=O) groups excluding carboxylic acids is 1. The highest BCUT2D eigenvalue weighted by Gasteiger charge is 2.40. The van der Waals surface area contributed by atoms with Crippen molar-refractivity contribution in [2.24, 2.45) is 5.73 Å². The Kier molecular flexibility index (Phi) is 4.52. The van der Waals surface area contributed by atoms with Crippen molar-refractivity contribution in [3.05, 3.63) is 52.0 Å². The summed E-state index contributed by atoms with van der Waals surface area (Å²) in [6.07, 6.45) is 0.447. The average molecular weight is 290 g/mol. The lowest BCUT2D eigenvalue weighted by molar-refractivity contribution is -0.147. The van der Waals surface area contributed by atoms with Crippen LogP contribution in [0, 0.1) is 6.92 Å². The van der Waals surface area contributed by atoms with E-state index >= 15 is 0 Å². The summed E-state index contributed by atoms with van der Waals surface area (Å²) in [6.45, 7) is 2.19. The molecule has 2 rings (SSSR count). The number of aromatic nitrogens is 1. The summed E-state index contributed by atoms with van der Waals surface area (Å²) in [6, 6.07) is 7.82. The van der Waals surface area contributed by atoms with Gasteiger partial charge < -0.3 is 10.5 Å². The van der Waals surface area contributed by atoms with Crippen LogP contribution in [-0.4, -0.2) is 24.6 Å². The molecular formula is C15H18N2O2S. The fourth-order valence-corrected chi connectivity index (χ4v) is 2.83. The number of nitrogens with zero attached hydrogens (tertiary/aromatic N) is 1. The van der Waals surface area contributed by atoms with Crippen LogP contribution in [0.1, 0.15) is 16.8 Å². The number of thiazole rings is 1. The minimum absolute atomic E-state index is 0.181. The first-order valence-electron chi connectivity index (χ1n) is 6.35. The molecule has 1 atom stereocenters. The van der Waals surface area contributed by atoms with Crippen LogP contribution in [0.15, 0.2) is 35.2 Å². The molecule has 1 heterocycles. The summed E-state index contributed by atoms with van der Waals surface area (Å²) in [5.74, 6) is -0.322. The fourth-order valence-electron chi connectivity index (χ4n) is 2.27. The highest BCUT2D eigenvalue weighted by Crippen LogP contribution is 2.29. The van der Waals surface area contributed by atoms with Gasteiger partial charge in [-0.15, -0.1) is 11.3 Å². The van der Waals surface area contributed by atoms with Gasteiger partial charge in [0, 0.05) is 18.3 Å². The second-order valence-electron chi connectivity index (χ2n) is 4.80. The highest BCUT2D eigenvalue weighted by molar-refractivity contribution is 7.07. The van der Waals surface area contributed by atoms with Crippen LogP contribution in [0.4, 0.5) is 0 Å². The molecule has 0 amide bonds. The monoisotopic (exact) mass is 290 g/mol. The van der Waals surface area contributed by atoms with E-state index in [0.29, 0.717) is 6.42 Å². The number of aryl methyl sites for hydroxylation is 1. The third-order valence-corrected chi connectivity index (χ3v) is 4.13. The first-order valence-corrected chi connectivity index (χ1v) is 7.29. The summed E-state index contributed by atoms with van der Waals surface area (Å²) in [7, 11) is 1.39. The second kappa shape index (κ2) is 6.15. The Hall–Kier alpha value is -1.72. The lowest BCUT2D eigenvalue weighted by Gasteiger charge is -2.29. The summed E-state index contributed by atoms with van der Waals surface area (Å²) in [4.78, 5) is 16.6. The third kappa shape index (κ3) is 2.73. The van der Waals surface area contributed by atoms with Crippen LogP contribution in [0.25, 0.3) is 0 Å². The van der Waals surface area contributed by atoms with Gasteiger partial charge in [0.15, 0.2) is 0 Å². The number of hydrogen-bond acceptors (Lipinski definition) is 5. The zero-order valence-corrected chi connectivity index (χ0v) is 12.4. The molecule has 0 aliphatic heterocycles. The predicted octanol–water partition coefficient (Wildman–Crippen LogP) is 2.06. The first-order chi connectivity index (χ1) is 9.62. The average Bonchev–Trinajstić information content (AvgIpc) is 2.98. The van der Waals surface area contributed by atoms with Crippen LogP contribution < -0.4 is 5.73 Å². The van der Waals surface area contributed by atoms with Gasteiger partial charge in [0.2, 0.25) is 0 Å². The molecule has 0 spiro atoms. The standard InChI is InChI=1S/C15H18N2O2S/c1-11-3-5-12(6-4-11)15(9-16,14(18)19-2)7-13-8-20-10-17-13/h3-6,8,10H,7,9,16H2,1-2H3. The quantitative estimate of drug-likeness (QED) is 0.856. The topological polar surface area (TPSA) is 65.2 Å². The van der Waals surface area contributed by atoms with Crippen LogP contribution in [0.3, 0.4) is 0 Å². The lowest BCUT2D eigenvalue weighted by Crippen LogP contribution is -2.45. The summed E-state index contributed by atoms with van der Waals surface area (Å²) < 4.78 is 5.00. The molecule has 1 aromatic heterocycles. The Labute approximate surface area is 122 Å². The van der Waals surface area contributed by atoms with Crippen LogP contribution >= 0.6 is 11.3 Å². The van der Waals surface area contributed by atoms with Crippen LogP contribution in [-0.2, 0) is 21.4 Å². The Bertz CT molecular complexity index is 566. The Morgan fingerprint density at radius 1 is 1.40 bits per heavy atom. The normalized spacial score (nSPS) is 13.8. The molecule has 4 nitrogen and oxygen atoms in total. The Balaban J connectivity index is 2.46. The van der Waals surface area contributed by atoms with Crippen molar-refractivity contribution < 1.29 is 9.53 Å². The van der Waals surface area contributed by atoms with Crippen molar-refractivity contribution >= 4 is 17.3 Å². The van der Waals surface area contributed by atoms with Crippen molar-refractivity contribution in [1.82, 2.24) is 4.98 Å². The van der Waals surface area contributed by atoms with Gasteiger partial charge in [0.25, 0.3) is 0 Å². The number of nitrogens with two attached hydrogens (primary N) is 1. The van der Waals surface area contributed by atoms with E-state index in [1.807, 2.05) is 36.6 Å². The molecule has 20 heavy (non-hydrogen) atoms. The molecule has 0 aliphatic rings. The second-order valence-corrected chi connectivity index (χ2v) is 5.52. The molecule has 0 fully saturated rings. The molecule has 0 saturated carbocycles. The third-order valence-electron chi connectivity index (χ3n) is 3.50. The minimum Gasteiger partial charge on any atom is -0.468 e. The van der Waals surface area contributed by atoms with Crippen molar-refractivity contribution in [3.63, 3.8) is 0 Å². The summed E-state index contributed by atoms with van der Waals surface area (Å²) in [5, 5.41) is 1.93. The molecular weight excluding hydrogens is 272 g/mol. The molecule has 1 aromatic carbocycles. The van der Waals surface area contributed by atoms with E-state index in [1.54, 1.807) is 5.51 Å². The largest absolute Gasteiger partial charge is 0.468 e. The van der Waals surface area contributed by atoms with E-state index < -0.39 is 5.41 Å². The zero-order chi connectivity index (χ0) is 14.6. The summed E-state index contributed by atoms with van der Waals surface area (Å²) in [5.41, 5.74) is 9.68. The van der Waals surface area contributed by atoms with E-state index in [4.69, 9.17) is 10.5 Å². The van der Waals surface area contributed by atoms with Gasteiger partial charge in [0.05, 0.1) is 18.3 Å².